The molecule has 0 aliphatic carbocycles. The first kappa shape index (κ1) is 22.4. The molecular weight excluding hydrogens is 376 g/mol. The lowest BCUT2D eigenvalue weighted by Crippen LogP contribution is -2.39. The predicted molar refractivity (Wildman–Crippen MR) is 120 cm³/mol. The Morgan fingerprint density at radius 2 is 1.70 bits per heavy atom. The van der Waals surface area contributed by atoms with Crippen molar-refractivity contribution in [3.05, 3.63) is 35.5 Å². The third-order valence-electron chi connectivity index (χ3n) is 6.23. The molecular formula is C25H36N2O3. The number of carbonyl (C=O) groups is 2. The average molecular weight is 413 g/mol. The maximum atomic E-state index is 13.4. The zero-order chi connectivity index (χ0) is 21.5. The van der Waals surface area contributed by atoms with E-state index in [2.05, 4.69) is 18.7 Å². The molecule has 0 spiro atoms. The van der Waals surface area contributed by atoms with Gasteiger partial charge in [0.1, 0.15) is 11.4 Å². The first-order valence-electron chi connectivity index (χ1n) is 11.6. The number of imide groups is 1. The molecule has 1 fully saturated rings. The molecule has 1 unspecified atom stereocenters. The zero-order valence-corrected chi connectivity index (χ0v) is 18.8. The number of methoxy groups -OCH3 is 1. The Balaban J connectivity index is 1.81. The molecule has 0 bridgehead atoms. The Morgan fingerprint density at radius 1 is 1.00 bits per heavy atom. The van der Waals surface area contributed by atoms with Gasteiger partial charge in [-0.2, -0.15) is 0 Å². The summed E-state index contributed by atoms with van der Waals surface area (Å²) < 4.78 is 5.26. The molecule has 5 heteroatoms. The second-order valence-electron chi connectivity index (χ2n) is 8.68. The summed E-state index contributed by atoms with van der Waals surface area (Å²) in [6.07, 6.45) is 9.03. The second-order valence-corrected chi connectivity index (χ2v) is 8.68. The number of benzene rings is 1. The van der Waals surface area contributed by atoms with Crippen LogP contribution in [0.1, 0.15) is 70.8 Å². The van der Waals surface area contributed by atoms with Crippen molar-refractivity contribution < 1.29 is 14.3 Å². The van der Waals surface area contributed by atoms with Crippen LogP contribution in [0, 0.1) is 5.92 Å². The van der Waals surface area contributed by atoms with Gasteiger partial charge in [0.2, 0.25) is 0 Å². The first-order chi connectivity index (χ1) is 14.6. The molecule has 0 aromatic heterocycles. The highest BCUT2D eigenvalue weighted by molar-refractivity contribution is 6.35. The van der Waals surface area contributed by atoms with Crippen molar-refractivity contribution in [2.45, 2.75) is 65.2 Å². The van der Waals surface area contributed by atoms with Crippen molar-refractivity contribution in [1.29, 1.82) is 0 Å². The number of carbonyl (C=O) groups excluding carboxylic acids is 2. The van der Waals surface area contributed by atoms with E-state index in [1.165, 1.54) is 37.0 Å². The lowest BCUT2D eigenvalue weighted by Gasteiger charge is -2.33. The summed E-state index contributed by atoms with van der Waals surface area (Å²) in [4.78, 5) is 30.4. The van der Waals surface area contributed by atoms with E-state index in [1.807, 2.05) is 24.3 Å². The fourth-order valence-electron chi connectivity index (χ4n) is 4.52. The van der Waals surface area contributed by atoms with Crippen LogP contribution in [0.5, 0.6) is 5.75 Å². The Bertz CT molecular complexity index is 769. The number of ether oxygens (including phenoxy) is 1. The molecule has 2 aliphatic rings. The van der Waals surface area contributed by atoms with Crippen LogP contribution in [0.25, 0.3) is 5.57 Å². The summed E-state index contributed by atoms with van der Waals surface area (Å²) >= 11 is 0. The van der Waals surface area contributed by atoms with E-state index in [9.17, 15) is 9.59 Å². The van der Waals surface area contributed by atoms with Gasteiger partial charge >= 0.3 is 0 Å². The molecule has 0 N–H and O–H groups in total. The summed E-state index contributed by atoms with van der Waals surface area (Å²) in [6, 6.07) is 7.49. The molecule has 5 nitrogen and oxygen atoms in total. The number of rotatable bonds is 10. The Labute approximate surface area is 181 Å². The summed E-state index contributed by atoms with van der Waals surface area (Å²) in [7, 11) is 1.63. The van der Waals surface area contributed by atoms with Crippen molar-refractivity contribution in [3.63, 3.8) is 0 Å². The van der Waals surface area contributed by atoms with Gasteiger partial charge in [-0.15, -0.1) is 0 Å². The molecule has 164 valence electrons. The number of piperidine rings is 1. The topological polar surface area (TPSA) is 49.9 Å². The molecule has 0 radical (unpaired) electrons. The highest BCUT2D eigenvalue weighted by Gasteiger charge is 2.41. The number of nitrogens with zero attached hydrogens (tertiary/aromatic N) is 2. The lowest BCUT2D eigenvalue weighted by atomic mass is 9.98. The van der Waals surface area contributed by atoms with Crippen molar-refractivity contribution in [2.24, 2.45) is 5.92 Å². The molecule has 1 saturated heterocycles. The average Bonchev–Trinajstić information content (AvgIpc) is 3.00. The summed E-state index contributed by atoms with van der Waals surface area (Å²) in [5.41, 5.74) is 1.96. The number of unbranched alkanes of at least 4 members (excludes halogenated alkanes) is 5. The van der Waals surface area contributed by atoms with Gasteiger partial charge in [0.05, 0.1) is 12.7 Å². The largest absolute Gasteiger partial charge is 0.497 e. The number of hydrogen-bond acceptors (Lipinski definition) is 4. The van der Waals surface area contributed by atoms with Crippen molar-refractivity contribution in [1.82, 2.24) is 9.80 Å². The third-order valence-corrected chi connectivity index (χ3v) is 6.23. The first-order valence-corrected chi connectivity index (χ1v) is 11.6. The van der Waals surface area contributed by atoms with E-state index in [-0.39, 0.29) is 11.8 Å². The SMILES string of the molecule is CCCCCCCCN1C(=O)C(c2ccc(OC)cc2)=C(N2CCCC(C)C2)C1=O. The number of likely N-dealkylation sites (tertiary alicyclic amines) is 1. The zero-order valence-electron chi connectivity index (χ0n) is 18.8. The molecule has 0 saturated carbocycles. The van der Waals surface area contributed by atoms with Crippen LogP contribution in [0.4, 0.5) is 0 Å². The fourth-order valence-corrected chi connectivity index (χ4v) is 4.52. The number of amides is 2. The predicted octanol–water partition coefficient (Wildman–Crippen LogP) is 4.87. The van der Waals surface area contributed by atoms with Gasteiger partial charge in [-0.1, -0.05) is 58.1 Å². The van der Waals surface area contributed by atoms with E-state index < -0.39 is 0 Å². The van der Waals surface area contributed by atoms with E-state index >= 15 is 0 Å². The van der Waals surface area contributed by atoms with Crippen LogP contribution in [0.2, 0.25) is 0 Å². The molecule has 30 heavy (non-hydrogen) atoms. The maximum absolute atomic E-state index is 13.4. The van der Waals surface area contributed by atoms with Gasteiger partial charge in [-0.25, -0.2) is 0 Å². The quantitative estimate of drug-likeness (QED) is 0.406. The van der Waals surface area contributed by atoms with E-state index in [1.54, 1.807) is 7.11 Å². The molecule has 1 atom stereocenters. The smallest absolute Gasteiger partial charge is 0.277 e. The van der Waals surface area contributed by atoms with Crippen LogP contribution in [-0.2, 0) is 9.59 Å². The molecule has 2 heterocycles. The molecule has 2 amide bonds. The van der Waals surface area contributed by atoms with Crippen molar-refractivity contribution in [3.8, 4) is 5.75 Å². The summed E-state index contributed by atoms with van der Waals surface area (Å²) in [6.45, 7) is 6.60. The summed E-state index contributed by atoms with van der Waals surface area (Å²) in [5, 5.41) is 0. The monoisotopic (exact) mass is 412 g/mol. The standard InChI is InChI=1S/C25H36N2O3/c1-4-5-6-7-8-9-17-27-24(28)22(20-12-14-21(30-3)15-13-20)23(25(27)29)26-16-10-11-19(2)18-26/h12-15,19H,4-11,16-18H2,1-3H3. The minimum atomic E-state index is -0.146. The summed E-state index contributed by atoms with van der Waals surface area (Å²) in [5.74, 6) is 1.01. The van der Waals surface area contributed by atoms with Crippen molar-refractivity contribution >= 4 is 17.4 Å². The van der Waals surface area contributed by atoms with E-state index in [0.29, 0.717) is 23.7 Å². The van der Waals surface area contributed by atoms with Crippen LogP contribution in [0.3, 0.4) is 0 Å². The van der Waals surface area contributed by atoms with Crippen LogP contribution >= 0.6 is 0 Å². The Hall–Kier alpha value is -2.30. The second kappa shape index (κ2) is 10.6. The van der Waals surface area contributed by atoms with E-state index in [0.717, 1.165) is 43.7 Å². The fraction of sp³-hybridized carbons (Fsp3) is 0.600. The minimum absolute atomic E-state index is 0.117. The minimum Gasteiger partial charge on any atom is -0.497 e. The molecule has 1 aromatic carbocycles. The Kier molecular flexibility index (Phi) is 7.94. The van der Waals surface area contributed by atoms with Gasteiger partial charge in [-0.05, 0) is 42.9 Å². The molecule has 2 aliphatic heterocycles. The molecule has 3 rings (SSSR count). The van der Waals surface area contributed by atoms with Crippen LogP contribution < -0.4 is 4.74 Å². The van der Waals surface area contributed by atoms with Gasteiger partial charge in [0, 0.05) is 19.6 Å². The van der Waals surface area contributed by atoms with Crippen molar-refractivity contribution in [2.75, 3.05) is 26.7 Å². The van der Waals surface area contributed by atoms with Gasteiger partial charge in [-0.3, -0.25) is 14.5 Å². The van der Waals surface area contributed by atoms with Crippen LogP contribution in [0.15, 0.2) is 30.0 Å². The number of hydrogen-bond donors (Lipinski definition) is 0. The maximum Gasteiger partial charge on any atom is 0.277 e. The van der Waals surface area contributed by atoms with Gasteiger partial charge < -0.3 is 9.64 Å². The van der Waals surface area contributed by atoms with Gasteiger partial charge in [0.25, 0.3) is 11.8 Å². The lowest BCUT2D eigenvalue weighted by molar-refractivity contribution is -0.137. The molecule has 1 aromatic rings. The normalized spacial score (nSPS) is 19.8. The van der Waals surface area contributed by atoms with Crippen LogP contribution in [-0.4, -0.2) is 48.4 Å². The third kappa shape index (κ3) is 5.05. The Morgan fingerprint density at radius 3 is 2.37 bits per heavy atom. The highest BCUT2D eigenvalue weighted by atomic mass is 16.5. The van der Waals surface area contributed by atoms with Gasteiger partial charge in [0.15, 0.2) is 0 Å². The van der Waals surface area contributed by atoms with E-state index in [4.69, 9.17) is 4.74 Å². The highest BCUT2D eigenvalue weighted by Crippen LogP contribution is 2.34.